The van der Waals surface area contributed by atoms with Gasteiger partial charge in [0.1, 0.15) is 11.6 Å². The lowest BCUT2D eigenvalue weighted by atomic mass is 10.3. The van der Waals surface area contributed by atoms with E-state index in [9.17, 15) is 9.18 Å². The minimum Gasteiger partial charge on any atom is -0.383 e. The number of imidazole rings is 1. The van der Waals surface area contributed by atoms with Crippen LogP contribution in [0.5, 0.6) is 0 Å². The fraction of sp³-hybridized carbons (Fsp3) is 0.467. The van der Waals surface area contributed by atoms with Gasteiger partial charge in [-0.3, -0.25) is 4.79 Å². The third kappa shape index (κ3) is 4.25. The van der Waals surface area contributed by atoms with Crippen molar-refractivity contribution in [3.05, 3.63) is 29.8 Å². The molecular weight excluding hydrogens is 287 g/mol. The van der Waals surface area contributed by atoms with Crippen LogP contribution in [0.2, 0.25) is 0 Å². The molecule has 0 saturated carbocycles. The number of aryl methyl sites for hydroxylation is 1. The van der Waals surface area contributed by atoms with E-state index in [1.165, 1.54) is 12.1 Å². The molecule has 0 fully saturated rings. The molecule has 0 bridgehead atoms. The van der Waals surface area contributed by atoms with Crippen LogP contribution in [0.3, 0.4) is 0 Å². The van der Waals surface area contributed by atoms with E-state index in [1.807, 2.05) is 11.6 Å². The molecule has 0 atom stereocenters. The number of nitrogens with zero attached hydrogens (tertiary/aromatic N) is 2. The van der Waals surface area contributed by atoms with Crippen LogP contribution >= 0.6 is 0 Å². The summed E-state index contributed by atoms with van der Waals surface area (Å²) in [6.07, 6.45) is 0.594. The number of hydrogen-bond acceptors (Lipinski definition) is 4. The molecule has 0 aliphatic heterocycles. The fourth-order valence-corrected chi connectivity index (χ4v) is 2.19. The maximum absolute atomic E-state index is 13.2. The SMILES string of the molecule is COCCNCC(=O)NCCc1nc2ccc(F)cc2n1C. The van der Waals surface area contributed by atoms with E-state index in [0.29, 0.717) is 26.1 Å². The molecule has 6 nitrogen and oxygen atoms in total. The van der Waals surface area contributed by atoms with Gasteiger partial charge in [-0.25, -0.2) is 9.37 Å². The van der Waals surface area contributed by atoms with Crippen LogP contribution in [0.25, 0.3) is 11.0 Å². The molecule has 0 radical (unpaired) electrons. The lowest BCUT2D eigenvalue weighted by molar-refractivity contribution is -0.120. The van der Waals surface area contributed by atoms with Crippen molar-refractivity contribution in [3.63, 3.8) is 0 Å². The van der Waals surface area contributed by atoms with E-state index in [4.69, 9.17) is 4.74 Å². The third-order valence-electron chi connectivity index (χ3n) is 3.37. The minimum atomic E-state index is -0.280. The molecule has 0 saturated heterocycles. The predicted octanol–water partition coefficient (Wildman–Crippen LogP) is 0.607. The van der Waals surface area contributed by atoms with E-state index >= 15 is 0 Å². The van der Waals surface area contributed by atoms with Crippen LogP contribution < -0.4 is 10.6 Å². The highest BCUT2D eigenvalue weighted by molar-refractivity contribution is 5.78. The number of aromatic nitrogens is 2. The van der Waals surface area contributed by atoms with Crippen molar-refractivity contribution in [2.45, 2.75) is 6.42 Å². The third-order valence-corrected chi connectivity index (χ3v) is 3.37. The van der Waals surface area contributed by atoms with Crippen LogP contribution in [-0.2, 0) is 23.0 Å². The summed E-state index contributed by atoms with van der Waals surface area (Å²) >= 11 is 0. The monoisotopic (exact) mass is 308 g/mol. The standard InChI is InChI=1S/C15H21FN4O2/c1-20-13-9-11(16)3-4-12(13)19-14(20)5-6-18-15(21)10-17-7-8-22-2/h3-4,9,17H,5-8,10H2,1-2H3,(H,18,21). The van der Waals surface area contributed by atoms with Gasteiger partial charge < -0.3 is 19.9 Å². The molecule has 2 rings (SSSR count). The first-order chi connectivity index (χ1) is 10.6. The zero-order chi connectivity index (χ0) is 15.9. The van der Waals surface area contributed by atoms with Gasteiger partial charge in [0.2, 0.25) is 5.91 Å². The van der Waals surface area contributed by atoms with Gasteiger partial charge in [0, 0.05) is 33.7 Å². The number of carbonyl (C=O) groups is 1. The van der Waals surface area contributed by atoms with Crippen LogP contribution in [0.1, 0.15) is 5.82 Å². The topological polar surface area (TPSA) is 68.2 Å². The maximum atomic E-state index is 13.2. The normalized spacial score (nSPS) is 11.0. The molecule has 22 heavy (non-hydrogen) atoms. The number of rotatable bonds is 8. The minimum absolute atomic E-state index is 0.0686. The second kappa shape index (κ2) is 7.86. The summed E-state index contributed by atoms with van der Waals surface area (Å²) in [5.74, 6) is 0.464. The van der Waals surface area contributed by atoms with E-state index in [1.54, 1.807) is 13.2 Å². The van der Waals surface area contributed by atoms with Gasteiger partial charge in [-0.05, 0) is 18.2 Å². The number of nitrogens with one attached hydrogen (secondary N) is 2. The molecular formula is C15H21FN4O2. The Bertz CT molecular complexity index is 642. The van der Waals surface area contributed by atoms with Gasteiger partial charge in [-0.15, -0.1) is 0 Å². The first-order valence-corrected chi connectivity index (χ1v) is 7.19. The van der Waals surface area contributed by atoms with Gasteiger partial charge in [-0.1, -0.05) is 0 Å². The highest BCUT2D eigenvalue weighted by Crippen LogP contribution is 2.16. The van der Waals surface area contributed by atoms with E-state index in [2.05, 4.69) is 15.6 Å². The number of amides is 1. The highest BCUT2D eigenvalue weighted by Gasteiger charge is 2.09. The summed E-state index contributed by atoms with van der Waals surface area (Å²) in [6, 6.07) is 4.52. The van der Waals surface area contributed by atoms with E-state index in [0.717, 1.165) is 16.9 Å². The number of fused-ring (bicyclic) bond motifs is 1. The molecule has 2 N–H and O–H groups in total. The molecule has 7 heteroatoms. The first kappa shape index (κ1) is 16.4. The molecule has 2 aromatic rings. The fourth-order valence-electron chi connectivity index (χ4n) is 2.19. The molecule has 1 heterocycles. The Morgan fingerprint density at radius 2 is 2.23 bits per heavy atom. The maximum Gasteiger partial charge on any atom is 0.233 e. The van der Waals surface area contributed by atoms with Crippen LogP contribution in [0.15, 0.2) is 18.2 Å². The predicted molar refractivity (Wildman–Crippen MR) is 82.1 cm³/mol. The van der Waals surface area contributed by atoms with Crippen molar-refractivity contribution in [1.82, 2.24) is 20.2 Å². The quantitative estimate of drug-likeness (QED) is 0.701. The number of ether oxygens (including phenoxy) is 1. The van der Waals surface area contributed by atoms with E-state index < -0.39 is 0 Å². The first-order valence-electron chi connectivity index (χ1n) is 7.19. The Kier molecular flexibility index (Phi) is 5.85. The van der Waals surface area contributed by atoms with Crippen molar-refractivity contribution < 1.29 is 13.9 Å². The second-order valence-corrected chi connectivity index (χ2v) is 4.99. The number of benzene rings is 1. The van der Waals surface area contributed by atoms with Crippen molar-refractivity contribution >= 4 is 16.9 Å². The number of hydrogen-bond donors (Lipinski definition) is 2. The zero-order valence-corrected chi connectivity index (χ0v) is 12.9. The molecule has 0 aliphatic carbocycles. The van der Waals surface area contributed by atoms with Crippen LogP contribution in [0.4, 0.5) is 4.39 Å². The summed E-state index contributed by atoms with van der Waals surface area (Å²) in [4.78, 5) is 16.1. The largest absolute Gasteiger partial charge is 0.383 e. The number of halogens is 1. The number of methoxy groups -OCH3 is 1. The van der Waals surface area contributed by atoms with Crippen LogP contribution in [0, 0.1) is 5.82 Å². The zero-order valence-electron chi connectivity index (χ0n) is 12.9. The molecule has 1 amide bonds. The van der Waals surface area contributed by atoms with E-state index in [-0.39, 0.29) is 18.3 Å². The summed E-state index contributed by atoms with van der Waals surface area (Å²) < 4.78 is 20.0. The molecule has 0 unspecified atom stereocenters. The summed E-state index contributed by atoms with van der Waals surface area (Å²) in [5.41, 5.74) is 1.51. The smallest absolute Gasteiger partial charge is 0.233 e. The molecule has 1 aromatic carbocycles. The van der Waals surface area contributed by atoms with Gasteiger partial charge in [-0.2, -0.15) is 0 Å². The Hall–Kier alpha value is -1.99. The number of carbonyl (C=O) groups excluding carboxylic acids is 1. The summed E-state index contributed by atoms with van der Waals surface area (Å²) in [5, 5.41) is 5.80. The van der Waals surface area contributed by atoms with Gasteiger partial charge in [0.05, 0.1) is 24.2 Å². The second-order valence-electron chi connectivity index (χ2n) is 4.99. The highest BCUT2D eigenvalue weighted by atomic mass is 19.1. The van der Waals surface area contributed by atoms with Crippen molar-refractivity contribution in [1.29, 1.82) is 0 Å². The Morgan fingerprint density at radius 3 is 3.00 bits per heavy atom. The Labute approximate surface area is 128 Å². The van der Waals surface area contributed by atoms with Crippen LogP contribution in [-0.4, -0.2) is 48.8 Å². The average molecular weight is 308 g/mol. The summed E-state index contributed by atoms with van der Waals surface area (Å²) in [6.45, 7) is 1.96. The lowest BCUT2D eigenvalue weighted by Gasteiger charge is -2.06. The summed E-state index contributed by atoms with van der Waals surface area (Å²) in [7, 11) is 3.46. The molecule has 0 aliphatic rings. The van der Waals surface area contributed by atoms with Gasteiger partial charge in [0.25, 0.3) is 0 Å². The van der Waals surface area contributed by atoms with Gasteiger partial charge >= 0.3 is 0 Å². The Balaban J connectivity index is 1.82. The van der Waals surface area contributed by atoms with Gasteiger partial charge in [0.15, 0.2) is 0 Å². The van der Waals surface area contributed by atoms with Crippen molar-refractivity contribution in [3.8, 4) is 0 Å². The Morgan fingerprint density at radius 1 is 1.41 bits per heavy atom. The molecule has 120 valence electrons. The van der Waals surface area contributed by atoms with Crippen molar-refractivity contribution in [2.24, 2.45) is 7.05 Å². The molecule has 1 aromatic heterocycles. The lowest BCUT2D eigenvalue weighted by Crippen LogP contribution is -2.36. The van der Waals surface area contributed by atoms with Crippen molar-refractivity contribution in [2.75, 3.05) is 33.4 Å². The molecule has 0 spiro atoms. The average Bonchev–Trinajstić information content (AvgIpc) is 2.80.